The lowest BCUT2D eigenvalue weighted by molar-refractivity contribution is 0.144. The number of hydrogen-bond donors (Lipinski definition) is 3. The van der Waals surface area contributed by atoms with Gasteiger partial charge in [-0.2, -0.15) is 0 Å². The first-order valence-electron chi connectivity index (χ1n) is 6.80. The van der Waals surface area contributed by atoms with Crippen LogP contribution in [0.1, 0.15) is 43.4 Å². The van der Waals surface area contributed by atoms with Gasteiger partial charge in [0.15, 0.2) is 0 Å². The second-order valence-corrected chi connectivity index (χ2v) is 5.61. The number of nitrogens with zero attached hydrogens (tertiary/aromatic N) is 1. The first-order chi connectivity index (χ1) is 9.08. The van der Waals surface area contributed by atoms with Gasteiger partial charge in [0.1, 0.15) is 10.8 Å². The molecule has 4 N–H and O–H groups in total. The topological polar surface area (TPSA) is 71.2 Å². The number of nitrogens with two attached hydrogens (primary N) is 1. The second kappa shape index (κ2) is 6.30. The van der Waals surface area contributed by atoms with E-state index in [9.17, 15) is 5.11 Å². The highest BCUT2D eigenvalue weighted by molar-refractivity contribution is 7.80. The highest BCUT2D eigenvalue weighted by atomic mass is 32.1. The fraction of sp³-hybridized carbons (Fsp3) is 0.571. The van der Waals surface area contributed by atoms with E-state index in [2.05, 4.69) is 10.3 Å². The molecule has 0 spiro atoms. The van der Waals surface area contributed by atoms with Crippen molar-refractivity contribution in [3.8, 4) is 0 Å². The maximum absolute atomic E-state index is 10.2. The number of anilines is 1. The Morgan fingerprint density at radius 2 is 2.11 bits per heavy atom. The smallest absolute Gasteiger partial charge is 0.136 e. The predicted molar refractivity (Wildman–Crippen MR) is 81.4 cm³/mol. The lowest BCUT2D eigenvalue weighted by Gasteiger charge is -2.23. The molecular weight excluding hydrogens is 258 g/mol. The van der Waals surface area contributed by atoms with Gasteiger partial charge >= 0.3 is 0 Å². The van der Waals surface area contributed by atoms with Crippen LogP contribution in [0.25, 0.3) is 0 Å². The van der Waals surface area contributed by atoms with Crippen molar-refractivity contribution in [1.82, 2.24) is 4.98 Å². The van der Waals surface area contributed by atoms with Crippen molar-refractivity contribution in [3.05, 3.63) is 23.4 Å². The summed E-state index contributed by atoms with van der Waals surface area (Å²) in [7, 11) is 0. The van der Waals surface area contributed by atoms with Crippen molar-refractivity contribution in [1.29, 1.82) is 0 Å². The third kappa shape index (κ3) is 3.64. The van der Waals surface area contributed by atoms with Crippen molar-refractivity contribution in [3.63, 3.8) is 0 Å². The normalized spacial score (nSPS) is 23.7. The fourth-order valence-electron chi connectivity index (χ4n) is 2.50. The molecule has 0 bridgehead atoms. The minimum absolute atomic E-state index is 0.0323. The Kier molecular flexibility index (Phi) is 4.71. The Morgan fingerprint density at radius 3 is 2.84 bits per heavy atom. The summed E-state index contributed by atoms with van der Waals surface area (Å²) in [6, 6.07) is 3.81. The number of hydrogen-bond acceptors (Lipinski definition) is 4. The monoisotopic (exact) mass is 279 g/mol. The SMILES string of the molecule is Cc1ccc(C(N)=S)c(NC2CCCCCC2O)n1. The average Bonchev–Trinajstić information content (AvgIpc) is 2.55. The van der Waals surface area contributed by atoms with Gasteiger partial charge in [0.05, 0.1) is 17.7 Å². The minimum Gasteiger partial charge on any atom is -0.391 e. The van der Waals surface area contributed by atoms with E-state index in [4.69, 9.17) is 18.0 Å². The van der Waals surface area contributed by atoms with Crippen LogP contribution >= 0.6 is 12.2 Å². The van der Waals surface area contributed by atoms with Crippen molar-refractivity contribution in [2.45, 2.75) is 51.2 Å². The molecule has 0 amide bonds. The highest BCUT2D eigenvalue weighted by Gasteiger charge is 2.23. The van der Waals surface area contributed by atoms with E-state index in [-0.39, 0.29) is 12.1 Å². The Balaban J connectivity index is 2.21. The molecule has 2 rings (SSSR count). The van der Waals surface area contributed by atoms with Gasteiger partial charge in [0.25, 0.3) is 0 Å². The summed E-state index contributed by atoms with van der Waals surface area (Å²) in [5, 5.41) is 13.5. The number of thiocarbonyl (C=S) groups is 1. The van der Waals surface area contributed by atoms with E-state index in [1.54, 1.807) is 0 Å². The average molecular weight is 279 g/mol. The summed E-state index contributed by atoms with van der Waals surface area (Å²) in [6.45, 7) is 1.93. The molecule has 2 atom stereocenters. The Hall–Kier alpha value is -1.20. The number of pyridine rings is 1. The lowest BCUT2D eigenvalue weighted by atomic mass is 10.1. The Bertz CT molecular complexity index is 464. The van der Waals surface area contributed by atoms with Crippen molar-refractivity contribution >= 4 is 23.0 Å². The van der Waals surface area contributed by atoms with Gasteiger partial charge in [0, 0.05) is 5.69 Å². The van der Waals surface area contributed by atoms with Crippen LogP contribution in [0.15, 0.2) is 12.1 Å². The molecule has 1 fully saturated rings. The van der Waals surface area contributed by atoms with E-state index >= 15 is 0 Å². The van der Waals surface area contributed by atoms with Crippen molar-refractivity contribution in [2.24, 2.45) is 5.73 Å². The van der Waals surface area contributed by atoms with Gasteiger partial charge < -0.3 is 16.2 Å². The van der Waals surface area contributed by atoms with Gasteiger partial charge in [0.2, 0.25) is 0 Å². The molecule has 1 aliphatic rings. The van der Waals surface area contributed by atoms with Crippen LogP contribution in [0.3, 0.4) is 0 Å². The molecule has 1 saturated carbocycles. The van der Waals surface area contributed by atoms with E-state index in [1.165, 1.54) is 6.42 Å². The molecule has 1 aliphatic carbocycles. The maximum atomic E-state index is 10.2. The Morgan fingerprint density at radius 1 is 1.37 bits per heavy atom. The fourth-order valence-corrected chi connectivity index (χ4v) is 2.66. The molecule has 4 nitrogen and oxygen atoms in total. The molecular formula is C14H21N3OS. The molecule has 5 heteroatoms. The molecule has 0 radical (unpaired) electrons. The van der Waals surface area contributed by atoms with Crippen molar-refractivity contribution < 1.29 is 5.11 Å². The summed E-state index contributed by atoms with van der Waals surface area (Å²) in [4.78, 5) is 4.80. The van der Waals surface area contributed by atoms with Crippen molar-refractivity contribution in [2.75, 3.05) is 5.32 Å². The summed E-state index contributed by atoms with van der Waals surface area (Å²) >= 11 is 5.05. The van der Waals surface area contributed by atoms with E-state index < -0.39 is 0 Å². The molecule has 19 heavy (non-hydrogen) atoms. The zero-order valence-electron chi connectivity index (χ0n) is 11.2. The zero-order valence-corrected chi connectivity index (χ0v) is 12.0. The highest BCUT2D eigenvalue weighted by Crippen LogP contribution is 2.23. The quantitative estimate of drug-likeness (QED) is 0.584. The number of aromatic nitrogens is 1. The Labute approximate surface area is 119 Å². The van der Waals surface area contributed by atoms with Crippen LogP contribution in [0.5, 0.6) is 0 Å². The van der Waals surface area contributed by atoms with Crippen LogP contribution in [-0.4, -0.2) is 27.2 Å². The van der Waals surface area contributed by atoms with E-state index in [0.29, 0.717) is 10.8 Å². The molecule has 2 unspecified atom stereocenters. The molecule has 0 saturated heterocycles. The molecule has 104 valence electrons. The molecule has 1 heterocycles. The lowest BCUT2D eigenvalue weighted by Crippen LogP contribution is -2.33. The summed E-state index contributed by atoms with van der Waals surface area (Å²) in [5.74, 6) is 0.693. The standard InChI is InChI=1S/C14H21N3OS/c1-9-7-8-10(13(15)19)14(16-9)17-11-5-3-2-4-6-12(11)18/h7-8,11-12,18H,2-6H2,1H3,(H2,15,19)(H,16,17). The van der Waals surface area contributed by atoms with Gasteiger partial charge in [-0.25, -0.2) is 4.98 Å². The maximum Gasteiger partial charge on any atom is 0.136 e. The molecule has 1 aromatic heterocycles. The molecule has 0 aliphatic heterocycles. The summed E-state index contributed by atoms with van der Waals surface area (Å²) in [5.41, 5.74) is 7.38. The summed E-state index contributed by atoms with van der Waals surface area (Å²) in [6.07, 6.45) is 4.85. The van der Waals surface area contributed by atoms with Crippen LogP contribution in [-0.2, 0) is 0 Å². The first-order valence-corrected chi connectivity index (χ1v) is 7.21. The number of aliphatic hydroxyl groups excluding tert-OH is 1. The van der Waals surface area contributed by atoms with Crippen LogP contribution in [0.4, 0.5) is 5.82 Å². The van der Waals surface area contributed by atoms with E-state index in [0.717, 1.165) is 36.9 Å². The number of nitrogens with one attached hydrogen (secondary N) is 1. The second-order valence-electron chi connectivity index (χ2n) is 5.17. The summed E-state index contributed by atoms with van der Waals surface area (Å²) < 4.78 is 0. The third-order valence-corrected chi connectivity index (χ3v) is 3.82. The number of aryl methyl sites for hydroxylation is 1. The third-order valence-electron chi connectivity index (χ3n) is 3.60. The van der Waals surface area contributed by atoms with Crippen LogP contribution in [0, 0.1) is 6.92 Å². The first kappa shape index (κ1) is 14.2. The van der Waals surface area contributed by atoms with Gasteiger partial charge in [-0.05, 0) is 31.9 Å². The van der Waals surface area contributed by atoms with E-state index in [1.807, 2.05) is 19.1 Å². The van der Waals surface area contributed by atoms with Gasteiger partial charge in [-0.3, -0.25) is 0 Å². The number of rotatable bonds is 3. The minimum atomic E-state index is -0.330. The number of aliphatic hydroxyl groups is 1. The van der Waals surface area contributed by atoms with Gasteiger partial charge in [-0.15, -0.1) is 0 Å². The largest absolute Gasteiger partial charge is 0.391 e. The molecule has 0 aromatic carbocycles. The van der Waals surface area contributed by atoms with Crippen LogP contribution in [0.2, 0.25) is 0 Å². The molecule has 1 aromatic rings. The zero-order chi connectivity index (χ0) is 13.8. The van der Waals surface area contributed by atoms with Crippen LogP contribution < -0.4 is 11.1 Å². The predicted octanol–water partition coefficient (Wildman–Crippen LogP) is 2.13. The van der Waals surface area contributed by atoms with Gasteiger partial charge in [-0.1, -0.05) is 31.5 Å².